The minimum absolute atomic E-state index is 0.290. The number of aliphatic hydroxyl groups is 1. The molecule has 0 unspecified atom stereocenters. The van der Waals surface area contributed by atoms with Crippen LogP contribution in [0.2, 0.25) is 0 Å². The molecule has 1 aliphatic rings. The molecule has 15 heavy (non-hydrogen) atoms. The SMILES string of the molecule is Cc1noc(CN2CC(O)(C(C)C)C2)n1. The van der Waals surface area contributed by atoms with Gasteiger partial charge in [-0.05, 0) is 12.8 Å². The molecule has 5 nitrogen and oxygen atoms in total. The molecule has 1 aromatic heterocycles. The van der Waals surface area contributed by atoms with Crippen molar-refractivity contribution in [3.63, 3.8) is 0 Å². The summed E-state index contributed by atoms with van der Waals surface area (Å²) < 4.78 is 5.01. The predicted octanol–water partition coefficient (Wildman–Crippen LogP) is 0.581. The Hall–Kier alpha value is -0.940. The van der Waals surface area contributed by atoms with Crippen molar-refractivity contribution < 1.29 is 9.63 Å². The third kappa shape index (κ3) is 2.03. The summed E-state index contributed by atoms with van der Waals surface area (Å²) in [5, 5.41) is 13.8. The molecule has 1 aliphatic heterocycles. The van der Waals surface area contributed by atoms with E-state index in [4.69, 9.17) is 4.52 Å². The maximum absolute atomic E-state index is 10.0. The maximum Gasteiger partial charge on any atom is 0.240 e. The van der Waals surface area contributed by atoms with E-state index in [0.29, 0.717) is 31.3 Å². The van der Waals surface area contributed by atoms with Crippen molar-refractivity contribution in [3.05, 3.63) is 11.7 Å². The maximum atomic E-state index is 10.0. The Morgan fingerprint density at radius 1 is 1.53 bits per heavy atom. The van der Waals surface area contributed by atoms with Gasteiger partial charge in [-0.2, -0.15) is 4.98 Å². The Labute approximate surface area is 89.1 Å². The van der Waals surface area contributed by atoms with E-state index in [-0.39, 0.29) is 5.92 Å². The lowest BCUT2D eigenvalue weighted by Crippen LogP contribution is -2.63. The first-order valence-electron chi connectivity index (χ1n) is 5.23. The summed E-state index contributed by atoms with van der Waals surface area (Å²) in [6.07, 6.45) is 0. The van der Waals surface area contributed by atoms with E-state index in [0.717, 1.165) is 0 Å². The first-order chi connectivity index (χ1) is 6.99. The molecule has 2 rings (SSSR count). The summed E-state index contributed by atoms with van der Waals surface area (Å²) in [4.78, 5) is 6.23. The molecule has 0 aliphatic carbocycles. The van der Waals surface area contributed by atoms with E-state index >= 15 is 0 Å². The van der Waals surface area contributed by atoms with Crippen molar-refractivity contribution in [2.75, 3.05) is 13.1 Å². The number of rotatable bonds is 3. The zero-order chi connectivity index (χ0) is 11.1. The molecule has 1 aromatic rings. The van der Waals surface area contributed by atoms with Crippen LogP contribution >= 0.6 is 0 Å². The minimum atomic E-state index is -0.533. The van der Waals surface area contributed by atoms with Crippen molar-refractivity contribution in [1.29, 1.82) is 0 Å². The topological polar surface area (TPSA) is 62.4 Å². The van der Waals surface area contributed by atoms with Gasteiger partial charge in [0.1, 0.15) is 0 Å². The van der Waals surface area contributed by atoms with Crippen molar-refractivity contribution >= 4 is 0 Å². The molecule has 2 heterocycles. The summed E-state index contributed by atoms with van der Waals surface area (Å²) in [5.74, 6) is 1.57. The number of hydrogen-bond acceptors (Lipinski definition) is 5. The van der Waals surface area contributed by atoms with Gasteiger partial charge in [0.15, 0.2) is 5.82 Å². The standard InChI is InChI=1S/C10H17N3O2/c1-7(2)10(14)5-13(6-10)4-9-11-8(3)12-15-9/h7,14H,4-6H2,1-3H3. The van der Waals surface area contributed by atoms with Gasteiger partial charge >= 0.3 is 0 Å². The summed E-state index contributed by atoms with van der Waals surface area (Å²) >= 11 is 0. The fraction of sp³-hybridized carbons (Fsp3) is 0.800. The van der Waals surface area contributed by atoms with E-state index in [9.17, 15) is 5.11 Å². The van der Waals surface area contributed by atoms with Gasteiger partial charge in [0.25, 0.3) is 0 Å². The molecule has 0 aromatic carbocycles. The van der Waals surface area contributed by atoms with Crippen LogP contribution in [0.4, 0.5) is 0 Å². The molecule has 0 saturated carbocycles. The average Bonchev–Trinajstić information content (AvgIpc) is 2.48. The molecule has 1 saturated heterocycles. The largest absolute Gasteiger partial charge is 0.387 e. The van der Waals surface area contributed by atoms with Gasteiger partial charge in [-0.15, -0.1) is 0 Å². The quantitative estimate of drug-likeness (QED) is 0.792. The lowest BCUT2D eigenvalue weighted by Gasteiger charge is -2.48. The van der Waals surface area contributed by atoms with Crippen molar-refractivity contribution in [3.8, 4) is 0 Å². The second-order valence-corrected chi connectivity index (χ2v) is 4.64. The molecule has 0 radical (unpaired) electrons. The fourth-order valence-electron chi connectivity index (χ4n) is 1.80. The first kappa shape index (κ1) is 10.6. The molecule has 84 valence electrons. The highest BCUT2D eigenvalue weighted by Gasteiger charge is 2.43. The van der Waals surface area contributed by atoms with Crippen molar-refractivity contribution in [2.24, 2.45) is 5.92 Å². The molecule has 0 spiro atoms. The summed E-state index contributed by atoms with van der Waals surface area (Å²) in [6.45, 7) is 7.88. The fourth-order valence-corrected chi connectivity index (χ4v) is 1.80. The van der Waals surface area contributed by atoms with E-state index in [1.54, 1.807) is 6.92 Å². The van der Waals surface area contributed by atoms with Crippen LogP contribution in [0.25, 0.3) is 0 Å². The smallest absolute Gasteiger partial charge is 0.240 e. The number of aryl methyl sites for hydroxylation is 1. The summed E-state index contributed by atoms with van der Waals surface area (Å²) in [5.41, 5.74) is -0.533. The highest BCUT2D eigenvalue weighted by Crippen LogP contribution is 2.29. The zero-order valence-corrected chi connectivity index (χ0v) is 9.40. The van der Waals surface area contributed by atoms with Crippen LogP contribution in [0.1, 0.15) is 25.6 Å². The van der Waals surface area contributed by atoms with Gasteiger partial charge in [0, 0.05) is 13.1 Å². The molecule has 0 bridgehead atoms. The Morgan fingerprint density at radius 3 is 2.67 bits per heavy atom. The van der Waals surface area contributed by atoms with Crippen LogP contribution in [0.5, 0.6) is 0 Å². The van der Waals surface area contributed by atoms with Crippen molar-refractivity contribution in [1.82, 2.24) is 15.0 Å². The van der Waals surface area contributed by atoms with Crippen LogP contribution in [-0.4, -0.2) is 38.8 Å². The molecular formula is C10H17N3O2. The van der Waals surface area contributed by atoms with E-state index < -0.39 is 5.60 Å². The third-order valence-electron chi connectivity index (χ3n) is 3.00. The molecular weight excluding hydrogens is 194 g/mol. The van der Waals surface area contributed by atoms with Gasteiger partial charge in [0.05, 0.1) is 12.1 Å². The van der Waals surface area contributed by atoms with Crippen molar-refractivity contribution in [2.45, 2.75) is 32.9 Å². The zero-order valence-electron chi connectivity index (χ0n) is 9.40. The Balaban J connectivity index is 1.86. The van der Waals surface area contributed by atoms with E-state index in [1.165, 1.54) is 0 Å². The van der Waals surface area contributed by atoms with Gasteiger partial charge in [-0.25, -0.2) is 0 Å². The van der Waals surface area contributed by atoms with Crippen LogP contribution in [0.15, 0.2) is 4.52 Å². The van der Waals surface area contributed by atoms with E-state index in [1.807, 2.05) is 13.8 Å². The van der Waals surface area contributed by atoms with Gasteiger partial charge in [0.2, 0.25) is 5.89 Å². The molecule has 0 atom stereocenters. The molecule has 0 amide bonds. The van der Waals surface area contributed by atoms with Gasteiger partial charge < -0.3 is 9.63 Å². The number of likely N-dealkylation sites (tertiary alicyclic amines) is 1. The second kappa shape index (κ2) is 3.57. The van der Waals surface area contributed by atoms with Crippen LogP contribution in [-0.2, 0) is 6.54 Å². The number of β-amino-alcohol motifs (C(OH)–C–C–N with tert-alkyl or cyclic N) is 1. The highest BCUT2D eigenvalue weighted by atomic mass is 16.5. The van der Waals surface area contributed by atoms with Gasteiger partial charge in [-0.3, -0.25) is 4.90 Å². The number of hydrogen-bond donors (Lipinski definition) is 1. The molecule has 5 heteroatoms. The lowest BCUT2D eigenvalue weighted by molar-refractivity contribution is -0.133. The van der Waals surface area contributed by atoms with E-state index in [2.05, 4.69) is 15.0 Å². The van der Waals surface area contributed by atoms with Crippen LogP contribution in [0.3, 0.4) is 0 Å². The number of aromatic nitrogens is 2. The van der Waals surface area contributed by atoms with Gasteiger partial charge in [-0.1, -0.05) is 19.0 Å². The van der Waals surface area contributed by atoms with Crippen LogP contribution < -0.4 is 0 Å². The number of nitrogens with zero attached hydrogens (tertiary/aromatic N) is 3. The summed E-state index contributed by atoms with van der Waals surface area (Å²) in [7, 11) is 0. The average molecular weight is 211 g/mol. The lowest BCUT2D eigenvalue weighted by atomic mass is 9.83. The Morgan fingerprint density at radius 2 is 2.20 bits per heavy atom. The monoisotopic (exact) mass is 211 g/mol. The minimum Gasteiger partial charge on any atom is -0.387 e. The molecule has 1 N–H and O–H groups in total. The second-order valence-electron chi connectivity index (χ2n) is 4.64. The predicted molar refractivity (Wildman–Crippen MR) is 54.1 cm³/mol. The molecule has 1 fully saturated rings. The Kier molecular flexibility index (Phi) is 2.52. The summed E-state index contributed by atoms with van der Waals surface area (Å²) in [6, 6.07) is 0. The van der Waals surface area contributed by atoms with Crippen LogP contribution in [0, 0.1) is 12.8 Å². The highest BCUT2D eigenvalue weighted by molar-refractivity contribution is 4.99. The first-order valence-corrected chi connectivity index (χ1v) is 5.23. The third-order valence-corrected chi connectivity index (χ3v) is 3.00. The normalized spacial score (nSPS) is 20.6. The Bertz CT molecular complexity index is 342.